The third kappa shape index (κ3) is 1.34. The molecular weight excluding hydrogens is 189 g/mol. The van der Waals surface area contributed by atoms with Crippen LogP contribution in [0.1, 0.15) is 29.9 Å². The van der Waals surface area contributed by atoms with Gasteiger partial charge in [-0.05, 0) is 36.0 Å². The first-order chi connectivity index (χ1) is 7.29. The number of rotatable bonds is 2. The Balaban J connectivity index is 2.25. The first kappa shape index (κ1) is 8.91. The van der Waals surface area contributed by atoms with Crippen molar-refractivity contribution in [2.24, 2.45) is 0 Å². The second-order valence-electron chi connectivity index (χ2n) is 3.97. The van der Waals surface area contributed by atoms with Crippen LogP contribution in [0, 0.1) is 0 Å². The van der Waals surface area contributed by atoms with Crippen LogP contribution < -0.4 is 5.72 Å². The number of aliphatic hydroxyl groups is 1. The van der Waals surface area contributed by atoms with Gasteiger partial charge in [-0.2, -0.15) is 0 Å². The van der Waals surface area contributed by atoms with Crippen molar-refractivity contribution in [1.82, 2.24) is 14.6 Å². The van der Waals surface area contributed by atoms with E-state index in [0.29, 0.717) is 17.3 Å². The van der Waals surface area contributed by atoms with E-state index >= 15 is 0 Å². The number of aromatic nitrogens is 3. The quantitative estimate of drug-likeness (QED) is 0.686. The van der Waals surface area contributed by atoms with Crippen molar-refractivity contribution in [3.63, 3.8) is 0 Å². The Hall–Kier alpha value is -1.36. The molecule has 0 aromatic carbocycles. The van der Waals surface area contributed by atoms with Crippen molar-refractivity contribution in [3.8, 4) is 0 Å². The van der Waals surface area contributed by atoms with Crippen LogP contribution in [-0.2, 0) is 6.61 Å². The van der Waals surface area contributed by atoms with Gasteiger partial charge in [0.15, 0.2) is 13.5 Å². The lowest BCUT2D eigenvalue weighted by molar-refractivity contribution is 0.280. The van der Waals surface area contributed by atoms with Crippen LogP contribution in [0.25, 0.3) is 5.65 Å². The third-order valence-corrected chi connectivity index (χ3v) is 2.88. The van der Waals surface area contributed by atoms with Crippen LogP contribution in [0.5, 0.6) is 0 Å². The summed E-state index contributed by atoms with van der Waals surface area (Å²) in [4.78, 5) is 0. The lowest BCUT2D eigenvalue weighted by Crippen LogP contribution is -2.13. The summed E-state index contributed by atoms with van der Waals surface area (Å²) in [6.45, 7) is 0.0507. The Morgan fingerprint density at radius 2 is 2.27 bits per heavy atom. The standard InChI is InChI=1S/C10H10BN3O/c11-10-13-12-9-3-7(5-15)8(4-14(9)10)6-1-2-6/h3-4,6,15H,1-2,5H2. The number of fused-ring (bicyclic) bond motifs is 1. The average molecular weight is 199 g/mol. The minimum Gasteiger partial charge on any atom is -0.392 e. The number of pyridine rings is 1. The Bertz CT molecular complexity index is 519. The Morgan fingerprint density at radius 3 is 2.93 bits per heavy atom. The topological polar surface area (TPSA) is 50.4 Å². The second kappa shape index (κ2) is 3.07. The smallest absolute Gasteiger partial charge is 0.170 e. The Morgan fingerprint density at radius 1 is 1.47 bits per heavy atom. The van der Waals surface area contributed by atoms with Crippen molar-refractivity contribution in [2.75, 3.05) is 0 Å². The van der Waals surface area contributed by atoms with Crippen LogP contribution in [0.4, 0.5) is 0 Å². The molecule has 0 bridgehead atoms. The molecule has 4 nitrogen and oxygen atoms in total. The fourth-order valence-electron chi connectivity index (χ4n) is 1.91. The SMILES string of the molecule is [B]c1nnc2cc(CO)c(C3CC3)cn12. The highest BCUT2D eigenvalue weighted by atomic mass is 16.3. The highest BCUT2D eigenvalue weighted by Crippen LogP contribution is 2.41. The molecule has 2 radical (unpaired) electrons. The largest absolute Gasteiger partial charge is 0.392 e. The summed E-state index contributed by atoms with van der Waals surface area (Å²) in [5, 5.41) is 17.0. The predicted molar refractivity (Wildman–Crippen MR) is 56.3 cm³/mol. The molecule has 2 heterocycles. The van der Waals surface area contributed by atoms with Crippen LogP contribution in [0.3, 0.4) is 0 Å². The maximum Gasteiger partial charge on any atom is 0.170 e. The van der Waals surface area contributed by atoms with E-state index in [9.17, 15) is 5.11 Å². The van der Waals surface area contributed by atoms with E-state index < -0.39 is 0 Å². The van der Waals surface area contributed by atoms with Gasteiger partial charge < -0.3 is 5.11 Å². The number of aliphatic hydroxyl groups excluding tert-OH is 1. The highest BCUT2D eigenvalue weighted by Gasteiger charge is 2.26. The summed E-state index contributed by atoms with van der Waals surface area (Å²) in [7, 11) is 5.68. The monoisotopic (exact) mass is 199 g/mol. The van der Waals surface area contributed by atoms with Crippen molar-refractivity contribution in [1.29, 1.82) is 0 Å². The molecule has 2 aromatic rings. The van der Waals surface area contributed by atoms with Crippen molar-refractivity contribution >= 4 is 19.2 Å². The van der Waals surface area contributed by atoms with Gasteiger partial charge in [-0.15, -0.1) is 10.2 Å². The minimum absolute atomic E-state index is 0.0507. The van der Waals surface area contributed by atoms with Gasteiger partial charge in [0.05, 0.1) is 12.3 Å². The average Bonchev–Trinajstić information content (AvgIpc) is 3.04. The molecule has 0 atom stereocenters. The van der Waals surface area contributed by atoms with Crippen molar-refractivity contribution in [3.05, 3.63) is 23.4 Å². The fourth-order valence-corrected chi connectivity index (χ4v) is 1.91. The van der Waals surface area contributed by atoms with E-state index in [2.05, 4.69) is 10.2 Å². The zero-order chi connectivity index (χ0) is 10.4. The molecule has 3 rings (SSSR count). The van der Waals surface area contributed by atoms with E-state index in [0.717, 1.165) is 5.56 Å². The van der Waals surface area contributed by atoms with Crippen LogP contribution in [-0.4, -0.2) is 27.6 Å². The molecule has 1 N–H and O–H groups in total. The van der Waals surface area contributed by atoms with Crippen LogP contribution in [0.2, 0.25) is 0 Å². The maximum absolute atomic E-state index is 9.27. The van der Waals surface area contributed by atoms with E-state index in [1.807, 2.05) is 12.3 Å². The van der Waals surface area contributed by atoms with Gasteiger partial charge in [0, 0.05) is 6.20 Å². The van der Waals surface area contributed by atoms with Gasteiger partial charge in [0.25, 0.3) is 0 Å². The molecule has 5 heteroatoms. The first-order valence-corrected chi connectivity index (χ1v) is 5.03. The van der Waals surface area contributed by atoms with Crippen LogP contribution >= 0.6 is 0 Å². The molecule has 0 aliphatic heterocycles. The summed E-state index contributed by atoms with van der Waals surface area (Å²) in [6, 6.07) is 1.86. The molecule has 0 amide bonds. The second-order valence-corrected chi connectivity index (χ2v) is 3.97. The number of hydrogen-bond acceptors (Lipinski definition) is 3. The fraction of sp³-hybridized carbons (Fsp3) is 0.400. The van der Waals surface area contributed by atoms with Crippen molar-refractivity contribution < 1.29 is 5.11 Å². The zero-order valence-electron chi connectivity index (χ0n) is 8.22. The van der Waals surface area contributed by atoms with Gasteiger partial charge in [0.1, 0.15) is 0 Å². The van der Waals surface area contributed by atoms with Gasteiger partial charge in [0.2, 0.25) is 0 Å². The molecule has 0 spiro atoms. The molecule has 1 saturated carbocycles. The Kier molecular flexibility index (Phi) is 1.82. The summed E-state index contributed by atoms with van der Waals surface area (Å²) in [5.41, 5.74) is 3.21. The molecule has 15 heavy (non-hydrogen) atoms. The molecule has 1 aliphatic carbocycles. The summed E-state index contributed by atoms with van der Waals surface area (Å²) in [6.07, 6.45) is 4.34. The number of nitrogens with zero attached hydrogens (tertiary/aromatic N) is 3. The van der Waals surface area contributed by atoms with Gasteiger partial charge in [-0.25, -0.2) is 0 Å². The predicted octanol–water partition coefficient (Wildman–Crippen LogP) is -0.107. The highest BCUT2D eigenvalue weighted by molar-refractivity contribution is 6.29. The minimum atomic E-state index is 0.0507. The van der Waals surface area contributed by atoms with E-state index in [1.165, 1.54) is 18.4 Å². The van der Waals surface area contributed by atoms with Gasteiger partial charge >= 0.3 is 0 Å². The van der Waals surface area contributed by atoms with Gasteiger partial charge in [-0.1, -0.05) is 0 Å². The zero-order valence-corrected chi connectivity index (χ0v) is 8.22. The van der Waals surface area contributed by atoms with Gasteiger partial charge in [-0.3, -0.25) is 4.40 Å². The maximum atomic E-state index is 9.27. The molecule has 74 valence electrons. The first-order valence-electron chi connectivity index (χ1n) is 5.03. The third-order valence-electron chi connectivity index (χ3n) is 2.88. The van der Waals surface area contributed by atoms with Crippen LogP contribution in [0.15, 0.2) is 12.3 Å². The number of hydrogen-bond donors (Lipinski definition) is 1. The summed E-state index contributed by atoms with van der Waals surface area (Å²) < 4.78 is 1.77. The molecule has 0 unspecified atom stereocenters. The lowest BCUT2D eigenvalue weighted by atomic mass is 10.1. The lowest BCUT2D eigenvalue weighted by Gasteiger charge is -2.07. The molecule has 2 aromatic heterocycles. The van der Waals surface area contributed by atoms with E-state index in [4.69, 9.17) is 7.85 Å². The molecule has 0 saturated heterocycles. The molecule has 1 aliphatic rings. The van der Waals surface area contributed by atoms with E-state index in [1.54, 1.807) is 4.40 Å². The molecular formula is C10H10BN3O. The molecule has 1 fully saturated rings. The normalized spacial score (nSPS) is 16.1. The summed E-state index contributed by atoms with van der Waals surface area (Å²) >= 11 is 0. The Labute approximate surface area is 88.4 Å². The van der Waals surface area contributed by atoms with E-state index in [-0.39, 0.29) is 6.61 Å². The summed E-state index contributed by atoms with van der Waals surface area (Å²) in [5.74, 6) is 0.582. The van der Waals surface area contributed by atoms with Crippen molar-refractivity contribution in [2.45, 2.75) is 25.4 Å².